The minimum absolute atomic E-state index is 0.188. The number of esters is 3. The third-order valence-corrected chi connectivity index (χ3v) is 6.89. The average Bonchev–Trinajstić information content (AvgIpc) is 3.38. The van der Waals surface area contributed by atoms with Gasteiger partial charge in [0, 0.05) is 45.3 Å². The van der Waals surface area contributed by atoms with Crippen LogP contribution in [0.2, 0.25) is 0 Å². The number of likely N-dealkylation sites (tertiary alicyclic amines) is 1. The minimum Gasteiger partial charge on any atom is -0.463 e. The summed E-state index contributed by atoms with van der Waals surface area (Å²) >= 11 is 0. The molecule has 10 nitrogen and oxygen atoms in total. The first-order chi connectivity index (χ1) is 16.2. The van der Waals surface area contributed by atoms with E-state index in [1.807, 2.05) is 30.3 Å². The molecule has 2 bridgehead atoms. The fourth-order valence-corrected chi connectivity index (χ4v) is 5.65. The Balaban J connectivity index is 1.67. The quantitative estimate of drug-likeness (QED) is 0.414. The Kier molecular flexibility index (Phi) is 7.22. The van der Waals surface area contributed by atoms with Gasteiger partial charge in [0.2, 0.25) is 0 Å². The highest BCUT2D eigenvalue weighted by Gasteiger charge is 2.63. The van der Waals surface area contributed by atoms with E-state index in [4.69, 9.17) is 18.9 Å². The Morgan fingerprint density at radius 2 is 1.62 bits per heavy atom. The van der Waals surface area contributed by atoms with Gasteiger partial charge in [0.05, 0.1) is 12.2 Å². The zero-order valence-electron chi connectivity index (χ0n) is 19.4. The summed E-state index contributed by atoms with van der Waals surface area (Å²) in [5.74, 6) is -2.05. The van der Waals surface area contributed by atoms with Crippen LogP contribution >= 0.6 is 0 Å². The Hall–Kier alpha value is -2.53. The second-order valence-electron chi connectivity index (χ2n) is 9.19. The number of aliphatic hydroxyl groups is 2. The molecule has 3 fully saturated rings. The molecule has 2 heterocycles. The summed E-state index contributed by atoms with van der Waals surface area (Å²) in [6.07, 6.45) is -4.96. The van der Waals surface area contributed by atoms with Crippen molar-refractivity contribution in [3.63, 3.8) is 0 Å². The van der Waals surface area contributed by atoms with Crippen LogP contribution in [0.3, 0.4) is 0 Å². The van der Waals surface area contributed by atoms with Gasteiger partial charge in [0.25, 0.3) is 0 Å². The third-order valence-electron chi connectivity index (χ3n) is 6.89. The number of fused-ring (bicyclic) bond motifs is 2. The van der Waals surface area contributed by atoms with Crippen molar-refractivity contribution in [2.24, 2.45) is 5.92 Å². The molecule has 186 valence electrons. The first-order valence-corrected chi connectivity index (χ1v) is 11.5. The maximum Gasteiger partial charge on any atom is 0.303 e. The fraction of sp³-hybridized carbons (Fsp3) is 0.625. The van der Waals surface area contributed by atoms with E-state index in [1.54, 1.807) is 0 Å². The lowest BCUT2D eigenvalue weighted by atomic mass is 9.87. The van der Waals surface area contributed by atoms with Crippen LogP contribution in [-0.2, 0) is 39.9 Å². The maximum atomic E-state index is 12.0. The van der Waals surface area contributed by atoms with E-state index in [-0.39, 0.29) is 18.6 Å². The van der Waals surface area contributed by atoms with Crippen molar-refractivity contribution < 1.29 is 43.5 Å². The molecule has 10 heteroatoms. The topological polar surface area (TPSA) is 132 Å². The molecule has 0 radical (unpaired) electrons. The lowest BCUT2D eigenvalue weighted by Crippen LogP contribution is -2.59. The first-order valence-electron chi connectivity index (χ1n) is 11.5. The first kappa shape index (κ1) is 24.6. The predicted octanol–water partition coefficient (Wildman–Crippen LogP) is 0.175. The molecular formula is C24H31NO9. The van der Waals surface area contributed by atoms with Crippen molar-refractivity contribution in [3.05, 3.63) is 35.9 Å². The standard InChI is InChI=1S/C24H31NO9/c1-12(26)31-11-18-22(32-13(2)27)24(33-14(3)28)23(34-18)19-16-9-17(21(30)20(16)29)25(19)10-15-7-5-4-6-8-15/h4-8,16-24,29-30H,9-11H2,1-3H3/t16-,17-,18+,19-,20-,21+,22+,23-,24-/m0/s1. The molecule has 0 spiro atoms. The molecule has 9 atom stereocenters. The third kappa shape index (κ3) is 4.81. The molecule has 0 amide bonds. The van der Waals surface area contributed by atoms with E-state index >= 15 is 0 Å². The molecule has 2 saturated heterocycles. The highest BCUT2D eigenvalue weighted by molar-refractivity contribution is 5.68. The number of hydrogen-bond acceptors (Lipinski definition) is 10. The lowest BCUT2D eigenvalue weighted by Gasteiger charge is -2.43. The van der Waals surface area contributed by atoms with Crippen molar-refractivity contribution in [1.82, 2.24) is 4.90 Å². The van der Waals surface area contributed by atoms with Gasteiger partial charge in [-0.2, -0.15) is 0 Å². The summed E-state index contributed by atoms with van der Waals surface area (Å²) in [4.78, 5) is 37.4. The minimum atomic E-state index is -0.995. The van der Waals surface area contributed by atoms with E-state index in [9.17, 15) is 24.6 Å². The summed E-state index contributed by atoms with van der Waals surface area (Å²) in [6.45, 7) is 4.04. The van der Waals surface area contributed by atoms with Crippen LogP contribution in [0.25, 0.3) is 0 Å². The number of rotatable bonds is 7. The number of aliphatic hydroxyl groups excluding tert-OH is 2. The van der Waals surface area contributed by atoms with Crippen LogP contribution in [0.4, 0.5) is 0 Å². The highest BCUT2D eigenvalue weighted by Crippen LogP contribution is 2.48. The second-order valence-corrected chi connectivity index (χ2v) is 9.19. The smallest absolute Gasteiger partial charge is 0.303 e. The molecule has 1 aromatic carbocycles. The average molecular weight is 478 g/mol. The molecule has 1 aromatic rings. The summed E-state index contributed by atoms with van der Waals surface area (Å²) in [7, 11) is 0. The van der Waals surface area contributed by atoms with Gasteiger partial charge in [-0.05, 0) is 12.0 Å². The van der Waals surface area contributed by atoms with Crippen LogP contribution < -0.4 is 0 Å². The number of carbonyl (C=O) groups is 3. The van der Waals surface area contributed by atoms with Gasteiger partial charge in [-0.25, -0.2) is 0 Å². The van der Waals surface area contributed by atoms with Crippen molar-refractivity contribution in [1.29, 1.82) is 0 Å². The number of hydrogen-bond donors (Lipinski definition) is 2. The zero-order chi connectivity index (χ0) is 24.6. The monoisotopic (exact) mass is 477 g/mol. The highest BCUT2D eigenvalue weighted by atomic mass is 16.6. The van der Waals surface area contributed by atoms with Crippen molar-refractivity contribution in [2.75, 3.05) is 6.61 Å². The van der Waals surface area contributed by atoms with Gasteiger partial charge in [-0.15, -0.1) is 0 Å². The van der Waals surface area contributed by atoms with Gasteiger partial charge in [0.15, 0.2) is 12.2 Å². The van der Waals surface area contributed by atoms with Crippen LogP contribution in [0.1, 0.15) is 32.8 Å². The molecule has 34 heavy (non-hydrogen) atoms. The van der Waals surface area contributed by atoms with Gasteiger partial charge >= 0.3 is 17.9 Å². The van der Waals surface area contributed by atoms with Gasteiger partial charge < -0.3 is 29.2 Å². The number of carbonyl (C=O) groups excluding carboxylic acids is 3. The maximum absolute atomic E-state index is 12.0. The SMILES string of the molecule is CC(=O)OC[C@H]1O[C@@H]([C@@H]2[C@@H]3C[C@@H]([C@@H](O)[C@H]3O)N2Cc2ccccc2)[C@@H](OC(C)=O)[C@@H]1OC(C)=O. The normalized spacial score (nSPS) is 36.9. The Morgan fingerprint density at radius 1 is 0.971 bits per heavy atom. The van der Waals surface area contributed by atoms with Crippen LogP contribution in [-0.4, -0.2) is 88.3 Å². The number of ether oxygens (including phenoxy) is 4. The van der Waals surface area contributed by atoms with E-state index in [0.29, 0.717) is 13.0 Å². The molecule has 0 aromatic heterocycles. The Labute approximate surface area is 197 Å². The molecule has 0 unspecified atom stereocenters. The molecule has 3 aliphatic rings. The number of piperidine rings is 1. The molecule has 2 N–H and O–H groups in total. The summed E-state index contributed by atoms with van der Waals surface area (Å²) in [5.41, 5.74) is 1.01. The van der Waals surface area contributed by atoms with Crippen molar-refractivity contribution in [2.45, 2.75) is 82.4 Å². The fourth-order valence-electron chi connectivity index (χ4n) is 5.65. The predicted molar refractivity (Wildman–Crippen MR) is 116 cm³/mol. The van der Waals surface area contributed by atoms with Gasteiger partial charge in [-0.3, -0.25) is 19.3 Å². The van der Waals surface area contributed by atoms with E-state index in [0.717, 1.165) is 5.56 Å². The molecule has 1 aliphatic carbocycles. The van der Waals surface area contributed by atoms with Gasteiger partial charge in [0.1, 0.15) is 18.8 Å². The lowest BCUT2D eigenvalue weighted by molar-refractivity contribution is -0.167. The molecule has 1 saturated carbocycles. The van der Waals surface area contributed by atoms with Crippen LogP contribution in [0, 0.1) is 5.92 Å². The number of benzene rings is 1. The number of nitrogens with zero attached hydrogens (tertiary/aromatic N) is 1. The Morgan fingerprint density at radius 3 is 2.24 bits per heavy atom. The summed E-state index contributed by atoms with van der Waals surface area (Å²) < 4.78 is 22.5. The second kappa shape index (κ2) is 9.99. The largest absolute Gasteiger partial charge is 0.463 e. The van der Waals surface area contributed by atoms with Crippen LogP contribution in [0.15, 0.2) is 30.3 Å². The van der Waals surface area contributed by atoms with Crippen molar-refractivity contribution in [3.8, 4) is 0 Å². The zero-order valence-corrected chi connectivity index (χ0v) is 19.4. The summed E-state index contributed by atoms with van der Waals surface area (Å²) in [6, 6.07) is 8.94. The van der Waals surface area contributed by atoms with E-state index < -0.39 is 60.6 Å². The summed E-state index contributed by atoms with van der Waals surface area (Å²) in [5, 5.41) is 21.4. The van der Waals surface area contributed by atoms with Crippen molar-refractivity contribution >= 4 is 17.9 Å². The Bertz CT molecular complexity index is 909. The molecule has 2 aliphatic heterocycles. The molecular weight excluding hydrogens is 446 g/mol. The molecule has 4 rings (SSSR count). The van der Waals surface area contributed by atoms with Crippen LogP contribution in [0.5, 0.6) is 0 Å². The van der Waals surface area contributed by atoms with E-state index in [2.05, 4.69) is 4.90 Å². The van der Waals surface area contributed by atoms with Gasteiger partial charge in [-0.1, -0.05) is 30.3 Å². The van der Waals surface area contributed by atoms with E-state index in [1.165, 1.54) is 20.8 Å².